The number of amides is 2. The zero-order valence-corrected chi connectivity index (χ0v) is 17.6. The molecule has 12 heteroatoms. The number of ether oxygens (including phenoxy) is 1. The number of likely N-dealkylation sites (N-methyl/N-ethyl adjacent to an activating group) is 1. The van der Waals surface area contributed by atoms with Crippen LogP contribution >= 0.6 is 11.3 Å². The number of anilines is 1. The molecule has 1 aromatic carbocycles. The van der Waals surface area contributed by atoms with Crippen LogP contribution in [0.15, 0.2) is 34.5 Å². The van der Waals surface area contributed by atoms with Crippen molar-refractivity contribution in [3.05, 3.63) is 46.8 Å². The zero-order valence-electron chi connectivity index (χ0n) is 15.9. The molecule has 1 fully saturated rings. The molecule has 1 aromatic heterocycles. The summed E-state index contributed by atoms with van der Waals surface area (Å²) in [5, 5.41) is 2.31. The van der Waals surface area contributed by atoms with E-state index >= 15 is 0 Å². The predicted molar refractivity (Wildman–Crippen MR) is 106 cm³/mol. The largest absolute Gasteiger partial charge is 0.378 e. The van der Waals surface area contributed by atoms with Crippen molar-refractivity contribution in [2.24, 2.45) is 0 Å². The van der Waals surface area contributed by atoms with Crippen molar-refractivity contribution in [3.8, 4) is 0 Å². The van der Waals surface area contributed by atoms with E-state index in [2.05, 4.69) is 5.32 Å². The van der Waals surface area contributed by atoms with Gasteiger partial charge in [-0.15, -0.1) is 11.3 Å². The van der Waals surface area contributed by atoms with Gasteiger partial charge in [0.2, 0.25) is 5.91 Å². The topological polar surface area (TPSA) is 96.0 Å². The van der Waals surface area contributed by atoms with Gasteiger partial charge in [-0.1, -0.05) is 0 Å². The van der Waals surface area contributed by atoms with Gasteiger partial charge in [0.15, 0.2) is 11.6 Å². The van der Waals surface area contributed by atoms with E-state index in [1.807, 2.05) is 0 Å². The summed E-state index contributed by atoms with van der Waals surface area (Å²) in [5.74, 6) is -3.20. The van der Waals surface area contributed by atoms with Crippen molar-refractivity contribution in [1.82, 2.24) is 9.21 Å². The number of nitrogens with one attached hydrogen (secondary N) is 1. The highest BCUT2D eigenvalue weighted by Gasteiger charge is 2.27. The Bertz CT molecular complexity index is 1050. The van der Waals surface area contributed by atoms with Gasteiger partial charge in [0, 0.05) is 31.9 Å². The summed E-state index contributed by atoms with van der Waals surface area (Å²) >= 11 is 0.820. The molecular weight excluding hydrogens is 440 g/mol. The molecule has 0 radical (unpaired) electrons. The van der Waals surface area contributed by atoms with Crippen LogP contribution in [0.5, 0.6) is 0 Å². The maximum Gasteiger partial charge on any atom is 0.264 e. The quantitative estimate of drug-likeness (QED) is 0.710. The summed E-state index contributed by atoms with van der Waals surface area (Å²) in [6.45, 7) is 1.17. The number of thiophene rings is 1. The molecule has 0 unspecified atom stereocenters. The van der Waals surface area contributed by atoms with E-state index in [0.717, 1.165) is 33.8 Å². The van der Waals surface area contributed by atoms with Crippen molar-refractivity contribution < 1.29 is 31.5 Å². The Morgan fingerprint density at radius 3 is 2.53 bits per heavy atom. The molecule has 162 valence electrons. The molecule has 1 N–H and O–H groups in total. The maximum atomic E-state index is 13.2. The van der Waals surface area contributed by atoms with Gasteiger partial charge in [-0.25, -0.2) is 17.2 Å². The summed E-state index contributed by atoms with van der Waals surface area (Å²) in [5.41, 5.74) is -0.000726. The first-order chi connectivity index (χ1) is 14.2. The van der Waals surface area contributed by atoms with Gasteiger partial charge in [0.05, 0.1) is 24.6 Å². The summed E-state index contributed by atoms with van der Waals surface area (Å²) in [4.78, 5) is 26.5. The highest BCUT2D eigenvalue weighted by molar-refractivity contribution is 7.91. The molecule has 0 saturated carbocycles. The van der Waals surface area contributed by atoms with Crippen LogP contribution in [-0.2, 0) is 19.6 Å². The van der Waals surface area contributed by atoms with Crippen molar-refractivity contribution in [2.75, 3.05) is 45.2 Å². The van der Waals surface area contributed by atoms with Crippen LogP contribution in [-0.4, -0.2) is 69.3 Å². The number of carbonyl (C=O) groups is 2. The first-order valence-electron chi connectivity index (χ1n) is 8.86. The summed E-state index contributed by atoms with van der Waals surface area (Å²) in [7, 11) is -2.81. The average Bonchev–Trinajstić information content (AvgIpc) is 3.22. The molecule has 2 heterocycles. The highest BCUT2D eigenvalue weighted by atomic mass is 32.2. The molecule has 2 amide bonds. The second-order valence-corrected chi connectivity index (χ2v) is 9.82. The van der Waals surface area contributed by atoms with Gasteiger partial charge in [-0.3, -0.25) is 9.59 Å². The van der Waals surface area contributed by atoms with E-state index in [-0.39, 0.29) is 20.7 Å². The van der Waals surface area contributed by atoms with Crippen LogP contribution in [0.3, 0.4) is 0 Å². The van der Waals surface area contributed by atoms with Crippen molar-refractivity contribution in [1.29, 1.82) is 0 Å². The molecule has 1 aliphatic rings. The molecule has 0 spiro atoms. The summed E-state index contributed by atoms with van der Waals surface area (Å²) in [6, 6.07) is 5.56. The number of rotatable bonds is 6. The van der Waals surface area contributed by atoms with Crippen LogP contribution in [0, 0.1) is 11.6 Å². The number of hydrogen-bond donors (Lipinski definition) is 1. The van der Waals surface area contributed by atoms with Gasteiger partial charge in [-0.2, -0.15) is 4.31 Å². The molecule has 3 rings (SSSR count). The van der Waals surface area contributed by atoms with E-state index in [0.29, 0.717) is 26.3 Å². The van der Waals surface area contributed by atoms with Crippen LogP contribution < -0.4 is 5.32 Å². The number of sulfonamides is 1. The maximum absolute atomic E-state index is 13.2. The smallest absolute Gasteiger partial charge is 0.264 e. The highest BCUT2D eigenvalue weighted by Crippen LogP contribution is 2.25. The number of hydrogen-bond acceptors (Lipinski definition) is 6. The lowest BCUT2D eigenvalue weighted by Crippen LogP contribution is -2.40. The van der Waals surface area contributed by atoms with Crippen LogP contribution in [0.25, 0.3) is 0 Å². The third kappa shape index (κ3) is 5.01. The number of halogens is 2. The van der Waals surface area contributed by atoms with Crippen molar-refractivity contribution in [2.45, 2.75) is 4.21 Å². The molecule has 1 aliphatic heterocycles. The fourth-order valence-electron chi connectivity index (χ4n) is 2.71. The molecule has 0 atom stereocenters. The van der Waals surface area contributed by atoms with Gasteiger partial charge >= 0.3 is 0 Å². The summed E-state index contributed by atoms with van der Waals surface area (Å²) in [6.07, 6.45) is 0. The Morgan fingerprint density at radius 1 is 1.17 bits per heavy atom. The second-order valence-electron chi connectivity index (χ2n) is 6.46. The molecule has 2 aromatic rings. The Morgan fingerprint density at radius 2 is 1.87 bits per heavy atom. The van der Waals surface area contributed by atoms with Crippen LogP contribution in [0.4, 0.5) is 14.5 Å². The van der Waals surface area contributed by atoms with Crippen molar-refractivity contribution in [3.63, 3.8) is 0 Å². The van der Waals surface area contributed by atoms with E-state index in [1.54, 1.807) is 4.90 Å². The van der Waals surface area contributed by atoms with E-state index < -0.39 is 34.1 Å². The standard InChI is InChI=1S/C18H19F2N3O5S2/c1-22(11-16(24)21-12-2-3-13(19)14(20)10-12)30(26,27)17-5-4-15(29-17)18(25)23-6-8-28-9-7-23/h2-5,10H,6-9,11H2,1H3,(H,21,24). The predicted octanol–water partition coefficient (Wildman–Crippen LogP) is 1.76. The SMILES string of the molecule is CN(CC(=O)Nc1ccc(F)c(F)c1)S(=O)(=O)c1ccc(C(=O)N2CCOCC2)s1. The summed E-state index contributed by atoms with van der Waals surface area (Å²) < 4.78 is 57.6. The van der Waals surface area contributed by atoms with E-state index in [9.17, 15) is 26.8 Å². The molecule has 1 saturated heterocycles. The first-order valence-corrected chi connectivity index (χ1v) is 11.1. The minimum atomic E-state index is -4.02. The van der Waals surface area contributed by atoms with Crippen LogP contribution in [0.1, 0.15) is 9.67 Å². The Labute approximate surface area is 176 Å². The van der Waals surface area contributed by atoms with Gasteiger partial charge in [0.1, 0.15) is 4.21 Å². The number of benzene rings is 1. The zero-order chi connectivity index (χ0) is 21.9. The molecular formula is C18H19F2N3O5S2. The first kappa shape index (κ1) is 22.3. The normalized spacial score (nSPS) is 14.7. The minimum Gasteiger partial charge on any atom is -0.378 e. The van der Waals surface area contributed by atoms with Gasteiger partial charge in [0.25, 0.3) is 15.9 Å². The Balaban J connectivity index is 1.65. The lowest BCUT2D eigenvalue weighted by Gasteiger charge is -2.26. The molecule has 8 nitrogen and oxygen atoms in total. The molecule has 30 heavy (non-hydrogen) atoms. The van der Waals surface area contributed by atoms with Gasteiger partial charge < -0.3 is 15.0 Å². The Hall–Kier alpha value is -2.41. The lowest BCUT2D eigenvalue weighted by atomic mass is 10.3. The second kappa shape index (κ2) is 9.16. The average molecular weight is 459 g/mol. The third-order valence-corrected chi connectivity index (χ3v) is 7.67. The third-order valence-electron chi connectivity index (χ3n) is 4.32. The van der Waals surface area contributed by atoms with Crippen molar-refractivity contribution >= 4 is 38.9 Å². The number of nitrogens with zero attached hydrogens (tertiary/aromatic N) is 2. The van der Waals surface area contributed by atoms with Gasteiger partial charge in [-0.05, 0) is 24.3 Å². The number of carbonyl (C=O) groups excluding carboxylic acids is 2. The number of morpholine rings is 1. The molecule has 0 bridgehead atoms. The van der Waals surface area contributed by atoms with E-state index in [4.69, 9.17) is 4.74 Å². The van der Waals surface area contributed by atoms with E-state index in [1.165, 1.54) is 19.2 Å². The monoisotopic (exact) mass is 459 g/mol. The molecule has 0 aliphatic carbocycles. The fraction of sp³-hybridized carbons (Fsp3) is 0.333. The van der Waals surface area contributed by atoms with Crippen LogP contribution in [0.2, 0.25) is 0 Å². The fourth-order valence-corrected chi connectivity index (χ4v) is 5.32. The Kier molecular flexibility index (Phi) is 6.81. The minimum absolute atomic E-state index is 0.000726. The lowest BCUT2D eigenvalue weighted by molar-refractivity contribution is -0.116.